The molecule has 2 N–H and O–H groups in total. The molecular weight excluding hydrogens is 230 g/mol. The number of carbonyl (C=O) groups excluding carboxylic acids is 1. The van der Waals surface area contributed by atoms with Crippen molar-refractivity contribution in [2.75, 3.05) is 6.54 Å². The van der Waals surface area contributed by atoms with Crippen molar-refractivity contribution in [3.8, 4) is 0 Å². The van der Waals surface area contributed by atoms with E-state index in [0.717, 1.165) is 25.7 Å². The summed E-state index contributed by atoms with van der Waals surface area (Å²) in [5, 5.41) is 0. The van der Waals surface area contributed by atoms with Gasteiger partial charge in [-0.15, -0.1) is 0 Å². The van der Waals surface area contributed by atoms with Gasteiger partial charge >= 0.3 is 5.97 Å². The highest BCUT2D eigenvalue weighted by atomic mass is 16.6. The van der Waals surface area contributed by atoms with Gasteiger partial charge in [0.25, 0.3) is 0 Å². The molecule has 4 nitrogen and oxygen atoms in total. The van der Waals surface area contributed by atoms with Crippen LogP contribution in [0.2, 0.25) is 0 Å². The molecule has 0 amide bonds. The fourth-order valence-corrected chi connectivity index (χ4v) is 2.24. The van der Waals surface area contributed by atoms with Crippen LogP contribution in [0.4, 0.5) is 0 Å². The van der Waals surface area contributed by atoms with E-state index in [1.54, 1.807) is 0 Å². The van der Waals surface area contributed by atoms with Crippen molar-refractivity contribution < 1.29 is 14.3 Å². The molecule has 0 bridgehead atoms. The molecule has 3 unspecified atom stereocenters. The minimum absolute atomic E-state index is 0.00474. The van der Waals surface area contributed by atoms with Crippen LogP contribution in [-0.4, -0.2) is 30.8 Å². The fourth-order valence-electron chi connectivity index (χ4n) is 2.24. The van der Waals surface area contributed by atoms with E-state index in [2.05, 4.69) is 6.92 Å². The van der Waals surface area contributed by atoms with Crippen LogP contribution in [-0.2, 0) is 14.3 Å². The zero-order valence-electron chi connectivity index (χ0n) is 11.7. The molecule has 0 aromatic carbocycles. The molecule has 0 saturated carbocycles. The fraction of sp³-hybridized carbons (Fsp3) is 0.929. The van der Waals surface area contributed by atoms with E-state index in [-0.39, 0.29) is 18.2 Å². The maximum atomic E-state index is 11.8. The average molecular weight is 257 g/mol. The Morgan fingerprint density at radius 3 is 2.78 bits per heavy atom. The van der Waals surface area contributed by atoms with Crippen molar-refractivity contribution in [1.82, 2.24) is 0 Å². The van der Waals surface area contributed by atoms with Crippen LogP contribution in [0, 0.1) is 0 Å². The van der Waals surface area contributed by atoms with E-state index in [1.807, 2.05) is 6.92 Å². The predicted molar refractivity (Wildman–Crippen MR) is 71.3 cm³/mol. The highest BCUT2D eigenvalue weighted by Gasteiger charge is 2.31. The Bertz CT molecular complexity index is 245. The van der Waals surface area contributed by atoms with Crippen LogP contribution in [0.3, 0.4) is 0 Å². The van der Waals surface area contributed by atoms with E-state index < -0.39 is 6.10 Å². The van der Waals surface area contributed by atoms with Crippen LogP contribution in [0.25, 0.3) is 0 Å². The Morgan fingerprint density at radius 1 is 1.39 bits per heavy atom. The van der Waals surface area contributed by atoms with Crippen molar-refractivity contribution in [2.45, 2.75) is 77.1 Å². The Balaban J connectivity index is 2.15. The average Bonchev–Trinajstić information content (AvgIpc) is 2.83. The molecule has 1 aliphatic rings. The zero-order valence-corrected chi connectivity index (χ0v) is 11.7. The second-order valence-corrected chi connectivity index (χ2v) is 5.16. The van der Waals surface area contributed by atoms with Crippen LogP contribution in [0.5, 0.6) is 0 Å². The third-order valence-electron chi connectivity index (χ3n) is 3.41. The number of ether oxygens (including phenoxy) is 2. The number of rotatable bonds is 8. The van der Waals surface area contributed by atoms with E-state index in [9.17, 15) is 4.79 Å². The molecule has 0 aliphatic carbocycles. The van der Waals surface area contributed by atoms with Crippen molar-refractivity contribution in [3.63, 3.8) is 0 Å². The Labute approximate surface area is 110 Å². The first-order valence-corrected chi connectivity index (χ1v) is 7.23. The summed E-state index contributed by atoms with van der Waals surface area (Å²) in [5.74, 6) is -0.214. The van der Waals surface area contributed by atoms with Gasteiger partial charge in [-0.2, -0.15) is 0 Å². The van der Waals surface area contributed by atoms with Gasteiger partial charge in [-0.25, -0.2) is 4.79 Å². The van der Waals surface area contributed by atoms with Crippen molar-refractivity contribution in [3.05, 3.63) is 0 Å². The van der Waals surface area contributed by atoms with Gasteiger partial charge in [-0.1, -0.05) is 26.2 Å². The topological polar surface area (TPSA) is 61.5 Å². The molecule has 3 atom stereocenters. The quantitative estimate of drug-likeness (QED) is 0.536. The molecule has 0 aromatic heterocycles. The molecule has 0 spiro atoms. The predicted octanol–water partition coefficient (Wildman–Crippen LogP) is 2.39. The number of hydrogen-bond donors (Lipinski definition) is 1. The van der Waals surface area contributed by atoms with E-state index in [4.69, 9.17) is 15.2 Å². The van der Waals surface area contributed by atoms with Crippen molar-refractivity contribution >= 4 is 5.97 Å². The van der Waals surface area contributed by atoms with Crippen molar-refractivity contribution in [1.29, 1.82) is 0 Å². The van der Waals surface area contributed by atoms with Gasteiger partial charge in [0.1, 0.15) is 0 Å². The summed E-state index contributed by atoms with van der Waals surface area (Å²) in [7, 11) is 0. The molecule has 0 aromatic rings. The Kier molecular flexibility index (Phi) is 7.28. The lowest BCUT2D eigenvalue weighted by atomic mass is 10.1. The first kappa shape index (κ1) is 15.4. The normalized spacial score (nSPS) is 25.1. The second-order valence-electron chi connectivity index (χ2n) is 5.16. The summed E-state index contributed by atoms with van der Waals surface area (Å²) in [6.45, 7) is 4.63. The molecule has 1 aliphatic heterocycles. The summed E-state index contributed by atoms with van der Waals surface area (Å²) in [4.78, 5) is 11.8. The number of carbonyl (C=O) groups is 1. The number of esters is 1. The molecule has 1 saturated heterocycles. The van der Waals surface area contributed by atoms with Gasteiger partial charge in [0.2, 0.25) is 0 Å². The summed E-state index contributed by atoms with van der Waals surface area (Å²) in [6.07, 6.45) is 7.00. The molecule has 1 heterocycles. The van der Waals surface area contributed by atoms with Crippen LogP contribution >= 0.6 is 0 Å². The van der Waals surface area contributed by atoms with Crippen molar-refractivity contribution in [2.24, 2.45) is 5.73 Å². The Hall–Kier alpha value is -0.610. The summed E-state index contributed by atoms with van der Waals surface area (Å²) < 4.78 is 10.9. The highest BCUT2D eigenvalue weighted by Crippen LogP contribution is 2.21. The lowest BCUT2D eigenvalue weighted by Gasteiger charge is -2.16. The maximum absolute atomic E-state index is 11.8. The van der Waals surface area contributed by atoms with Crippen LogP contribution in [0.15, 0.2) is 0 Å². The van der Waals surface area contributed by atoms with Gasteiger partial charge < -0.3 is 15.2 Å². The highest BCUT2D eigenvalue weighted by molar-refractivity contribution is 5.75. The van der Waals surface area contributed by atoms with E-state index in [0.29, 0.717) is 6.54 Å². The number of nitrogens with two attached hydrogens (primary N) is 1. The molecule has 1 rings (SSSR count). The molecule has 4 heteroatoms. The molecule has 1 fully saturated rings. The molecule has 0 radical (unpaired) electrons. The van der Waals surface area contributed by atoms with Crippen LogP contribution < -0.4 is 5.73 Å². The van der Waals surface area contributed by atoms with Gasteiger partial charge in [0.15, 0.2) is 6.10 Å². The number of hydrogen-bond acceptors (Lipinski definition) is 4. The van der Waals surface area contributed by atoms with Gasteiger partial charge in [-0.3, -0.25) is 0 Å². The molecular formula is C14H27NO3. The van der Waals surface area contributed by atoms with Gasteiger partial charge in [0, 0.05) is 6.54 Å². The maximum Gasteiger partial charge on any atom is 0.335 e. The monoisotopic (exact) mass is 257 g/mol. The SMILES string of the molecule is CCCCCCC(C)OC(=O)C1CCC(CN)O1. The largest absolute Gasteiger partial charge is 0.461 e. The lowest BCUT2D eigenvalue weighted by Crippen LogP contribution is -2.29. The minimum Gasteiger partial charge on any atom is -0.461 e. The smallest absolute Gasteiger partial charge is 0.335 e. The lowest BCUT2D eigenvalue weighted by molar-refractivity contribution is -0.161. The minimum atomic E-state index is -0.392. The third kappa shape index (κ3) is 5.36. The first-order valence-electron chi connectivity index (χ1n) is 7.23. The second kappa shape index (κ2) is 8.48. The van der Waals surface area contributed by atoms with Crippen LogP contribution in [0.1, 0.15) is 58.8 Å². The molecule has 106 valence electrons. The van der Waals surface area contributed by atoms with E-state index >= 15 is 0 Å². The van der Waals surface area contributed by atoms with Gasteiger partial charge in [0.05, 0.1) is 12.2 Å². The number of unbranched alkanes of at least 4 members (excludes halogenated alkanes) is 3. The third-order valence-corrected chi connectivity index (χ3v) is 3.41. The Morgan fingerprint density at radius 2 is 2.17 bits per heavy atom. The zero-order chi connectivity index (χ0) is 13.4. The molecule has 18 heavy (non-hydrogen) atoms. The summed E-state index contributed by atoms with van der Waals surface area (Å²) in [5.41, 5.74) is 5.51. The summed E-state index contributed by atoms with van der Waals surface area (Å²) >= 11 is 0. The summed E-state index contributed by atoms with van der Waals surface area (Å²) in [6, 6.07) is 0. The van der Waals surface area contributed by atoms with Gasteiger partial charge in [-0.05, 0) is 32.6 Å². The first-order chi connectivity index (χ1) is 8.67. The van der Waals surface area contributed by atoms with E-state index in [1.165, 1.54) is 19.3 Å². The standard InChI is InChI=1S/C14H27NO3/c1-3-4-5-6-7-11(2)17-14(16)13-9-8-12(10-15)18-13/h11-13H,3-10,15H2,1-2H3.